The van der Waals surface area contributed by atoms with Crippen LogP contribution in [0.5, 0.6) is 0 Å². The molecule has 7 heteroatoms. The van der Waals surface area contributed by atoms with E-state index in [1.165, 1.54) is 0 Å². The fraction of sp³-hybridized carbons (Fsp3) is 0.733. The first-order valence-corrected chi connectivity index (χ1v) is 9.03. The first-order chi connectivity index (χ1) is 10.7. The van der Waals surface area contributed by atoms with Crippen molar-refractivity contribution in [2.24, 2.45) is 12.0 Å². The molecule has 2 rings (SSSR count). The molecule has 0 atom stereocenters. The Hall–Kier alpha value is -1.21. The minimum Gasteiger partial charge on any atom is -0.381 e. The van der Waals surface area contributed by atoms with Crippen LogP contribution in [-0.4, -0.2) is 53.0 Å². The molecule has 124 valence electrons. The maximum absolute atomic E-state index is 5.49. The summed E-state index contributed by atoms with van der Waals surface area (Å²) in [6.45, 7) is 6.18. The quantitative estimate of drug-likeness (QED) is 0.611. The van der Waals surface area contributed by atoms with Crippen molar-refractivity contribution in [3.05, 3.63) is 18.0 Å². The zero-order chi connectivity index (χ0) is 15.8. The molecule has 1 aromatic rings. The molecule has 1 saturated heterocycles. The average Bonchev–Trinajstić information content (AvgIpc) is 2.96. The van der Waals surface area contributed by atoms with E-state index in [2.05, 4.69) is 33.9 Å². The van der Waals surface area contributed by atoms with Crippen molar-refractivity contribution in [2.45, 2.75) is 31.1 Å². The summed E-state index contributed by atoms with van der Waals surface area (Å²) in [5, 5.41) is 11.0. The van der Waals surface area contributed by atoms with Gasteiger partial charge in [0.15, 0.2) is 5.96 Å². The molecule has 2 heterocycles. The first kappa shape index (κ1) is 17.1. The molecule has 1 aliphatic heterocycles. The number of thioether (sulfide) groups is 1. The smallest absolute Gasteiger partial charge is 0.191 e. The SMILES string of the molecule is CCNC(=NCc1ccnn1C)NCC1(SC)CCOCC1. The summed E-state index contributed by atoms with van der Waals surface area (Å²) in [6.07, 6.45) is 6.16. The van der Waals surface area contributed by atoms with E-state index in [1.54, 1.807) is 6.20 Å². The molecule has 6 nitrogen and oxygen atoms in total. The van der Waals surface area contributed by atoms with Crippen LogP contribution in [-0.2, 0) is 18.3 Å². The van der Waals surface area contributed by atoms with Gasteiger partial charge in [0.05, 0.1) is 12.2 Å². The molecule has 0 amide bonds. The van der Waals surface area contributed by atoms with E-state index < -0.39 is 0 Å². The van der Waals surface area contributed by atoms with Gasteiger partial charge in [0.1, 0.15) is 0 Å². The number of rotatable bonds is 6. The maximum atomic E-state index is 5.49. The molecule has 22 heavy (non-hydrogen) atoms. The van der Waals surface area contributed by atoms with Crippen LogP contribution in [0.15, 0.2) is 17.3 Å². The summed E-state index contributed by atoms with van der Waals surface area (Å²) in [6, 6.07) is 1.99. The van der Waals surface area contributed by atoms with Gasteiger partial charge < -0.3 is 15.4 Å². The largest absolute Gasteiger partial charge is 0.381 e. The third kappa shape index (κ3) is 4.64. The third-order valence-electron chi connectivity index (χ3n) is 4.08. The fourth-order valence-electron chi connectivity index (χ4n) is 2.50. The molecular weight excluding hydrogens is 298 g/mol. The van der Waals surface area contributed by atoms with E-state index in [0.29, 0.717) is 6.54 Å². The Bertz CT molecular complexity index is 482. The molecule has 0 aliphatic carbocycles. The van der Waals surface area contributed by atoms with Crippen LogP contribution < -0.4 is 10.6 Å². The zero-order valence-corrected chi connectivity index (χ0v) is 14.6. The lowest BCUT2D eigenvalue weighted by atomic mass is 9.99. The van der Waals surface area contributed by atoms with Gasteiger partial charge in [-0.25, -0.2) is 4.99 Å². The Morgan fingerprint density at radius 1 is 1.45 bits per heavy atom. The highest BCUT2D eigenvalue weighted by molar-refractivity contribution is 8.00. The molecule has 0 unspecified atom stereocenters. The summed E-state index contributed by atoms with van der Waals surface area (Å²) >= 11 is 1.93. The number of nitrogens with zero attached hydrogens (tertiary/aromatic N) is 3. The van der Waals surface area contributed by atoms with Gasteiger partial charge >= 0.3 is 0 Å². The van der Waals surface area contributed by atoms with Crippen molar-refractivity contribution in [1.29, 1.82) is 0 Å². The predicted octanol–water partition coefficient (Wildman–Crippen LogP) is 1.39. The van der Waals surface area contributed by atoms with Crippen LogP contribution in [0, 0.1) is 0 Å². The summed E-state index contributed by atoms with van der Waals surface area (Å²) in [4.78, 5) is 4.66. The highest BCUT2D eigenvalue weighted by Gasteiger charge is 2.31. The van der Waals surface area contributed by atoms with E-state index in [1.807, 2.05) is 29.6 Å². The average molecular weight is 325 g/mol. The number of nitrogens with one attached hydrogen (secondary N) is 2. The van der Waals surface area contributed by atoms with Crippen LogP contribution in [0.25, 0.3) is 0 Å². The van der Waals surface area contributed by atoms with Crippen LogP contribution >= 0.6 is 11.8 Å². The Balaban J connectivity index is 1.94. The van der Waals surface area contributed by atoms with Gasteiger partial charge in [0.2, 0.25) is 0 Å². The second kappa shape index (κ2) is 8.43. The predicted molar refractivity (Wildman–Crippen MR) is 92.3 cm³/mol. The molecule has 0 spiro atoms. The first-order valence-electron chi connectivity index (χ1n) is 7.81. The molecule has 0 aromatic carbocycles. The van der Waals surface area contributed by atoms with E-state index in [-0.39, 0.29) is 4.75 Å². The van der Waals surface area contributed by atoms with Crippen molar-refractivity contribution >= 4 is 17.7 Å². The topological polar surface area (TPSA) is 63.5 Å². The van der Waals surface area contributed by atoms with Crippen LogP contribution in [0.2, 0.25) is 0 Å². The molecule has 0 saturated carbocycles. The number of hydrogen-bond donors (Lipinski definition) is 2. The lowest BCUT2D eigenvalue weighted by Gasteiger charge is -2.36. The van der Waals surface area contributed by atoms with E-state index >= 15 is 0 Å². The molecular formula is C15H27N5OS. The molecule has 1 aromatic heterocycles. The van der Waals surface area contributed by atoms with Crippen LogP contribution in [0.3, 0.4) is 0 Å². The molecule has 1 aliphatic rings. The highest BCUT2D eigenvalue weighted by Crippen LogP contribution is 2.32. The van der Waals surface area contributed by atoms with Gasteiger partial charge in [0.25, 0.3) is 0 Å². The van der Waals surface area contributed by atoms with E-state index in [4.69, 9.17) is 4.74 Å². The second-order valence-electron chi connectivity index (χ2n) is 5.49. The summed E-state index contributed by atoms with van der Waals surface area (Å²) in [7, 11) is 1.94. The van der Waals surface area contributed by atoms with Gasteiger partial charge in [-0.15, -0.1) is 0 Å². The minimum absolute atomic E-state index is 0.251. The lowest BCUT2D eigenvalue weighted by Crippen LogP contribution is -2.47. The molecule has 1 fully saturated rings. The van der Waals surface area contributed by atoms with Crippen molar-refractivity contribution in [1.82, 2.24) is 20.4 Å². The van der Waals surface area contributed by atoms with Gasteiger partial charge in [-0.2, -0.15) is 16.9 Å². The van der Waals surface area contributed by atoms with Crippen molar-refractivity contribution in [3.63, 3.8) is 0 Å². The Morgan fingerprint density at radius 3 is 2.82 bits per heavy atom. The van der Waals surface area contributed by atoms with Gasteiger partial charge in [-0.3, -0.25) is 4.68 Å². The van der Waals surface area contributed by atoms with Crippen molar-refractivity contribution < 1.29 is 4.74 Å². The number of ether oxygens (including phenoxy) is 1. The Morgan fingerprint density at radius 2 is 2.23 bits per heavy atom. The molecule has 2 N–H and O–H groups in total. The highest BCUT2D eigenvalue weighted by atomic mass is 32.2. The van der Waals surface area contributed by atoms with Crippen LogP contribution in [0.4, 0.5) is 0 Å². The van der Waals surface area contributed by atoms with Gasteiger partial charge in [-0.1, -0.05) is 0 Å². The van der Waals surface area contributed by atoms with Crippen molar-refractivity contribution in [3.8, 4) is 0 Å². The standard InChI is InChI=1S/C15H27N5OS/c1-4-16-14(17-11-13-5-8-19-20(13)2)18-12-15(22-3)6-9-21-10-7-15/h5,8H,4,6-7,9-12H2,1-3H3,(H2,16,17,18). The normalized spacial score (nSPS) is 18.2. The monoisotopic (exact) mass is 325 g/mol. The third-order valence-corrected chi connectivity index (χ3v) is 5.50. The van der Waals surface area contributed by atoms with E-state index in [0.717, 1.165) is 50.8 Å². The van der Waals surface area contributed by atoms with Gasteiger partial charge in [0, 0.05) is 44.3 Å². The number of aromatic nitrogens is 2. The number of hydrogen-bond acceptors (Lipinski definition) is 4. The van der Waals surface area contributed by atoms with Gasteiger partial charge in [-0.05, 0) is 32.1 Å². The zero-order valence-electron chi connectivity index (χ0n) is 13.8. The Kier molecular flexibility index (Phi) is 6.57. The fourth-order valence-corrected chi connectivity index (χ4v) is 3.29. The molecule has 0 bridgehead atoms. The summed E-state index contributed by atoms with van der Waals surface area (Å²) in [5.41, 5.74) is 1.10. The second-order valence-corrected chi connectivity index (χ2v) is 6.77. The number of aryl methyl sites for hydroxylation is 1. The summed E-state index contributed by atoms with van der Waals surface area (Å²) in [5.74, 6) is 0.864. The number of guanidine groups is 1. The molecule has 0 radical (unpaired) electrons. The minimum atomic E-state index is 0.251. The maximum Gasteiger partial charge on any atom is 0.191 e. The van der Waals surface area contributed by atoms with Crippen molar-refractivity contribution in [2.75, 3.05) is 32.6 Å². The van der Waals surface area contributed by atoms with Crippen LogP contribution in [0.1, 0.15) is 25.5 Å². The summed E-state index contributed by atoms with van der Waals surface area (Å²) < 4.78 is 7.60. The Labute approximate surface area is 137 Å². The lowest BCUT2D eigenvalue weighted by molar-refractivity contribution is 0.0783. The number of aliphatic imine (C=N–C) groups is 1. The van der Waals surface area contributed by atoms with E-state index in [9.17, 15) is 0 Å².